The molecule has 12 heavy (non-hydrogen) atoms. The van der Waals surface area contributed by atoms with Gasteiger partial charge in [-0.1, -0.05) is 26.8 Å². The van der Waals surface area contributed by atoms with E-state index in [1.807, 2.05) is 26.8 Å². The third-order valence-corrected chi connectivity index (χ3v) is 1.45. The zero-order valence-corrected chi connectivity index (χ0v) is 7.97. The van der Waals surface area contributed by atoms with Crippen molar-refractivity contribution in [2.24, 2.45) is 4.99 Å². The first-order valence-electron chi connectivity index (χ1n) is 4.41. The van der Waals surface area contributed by atoms with Gasteiger partial charge in [0.1, 0.15) is 5.83 Å². The largest absolute Gasteiger partial charge is 0.266 e. The highest BCUT2D eigenvalue weighted by Crippen LogP contribution is 2.17. The average molecular weight is 169 g/mol. The molecule has 0 aromatic heterocycles. The first kappa shape index (κ1) is 11.1. The van der Waals surface area contributed by atoms with E-state index in [0.29, 0.717) is 0 Å². The maximum absolute atomic E-state index is 12.8. The quantitative estimate of drug-likeness (QED) is 0.568. The molecule has 2 heteroatoms. The maximum atomic E-state index is 12.8. The fraction of sp³-hybridized carbons (Fsp3) is 0.500. The lowest BCUT2D eigenvalue weighted by Gasteiger charge is -1.95. The second kappa shape index (κ2) is 6.77. The molecule has 0 bridgehead atoms. The molecule has 1 rings (SSSR count). The molecule has 0 aliphatic carbocycles. The number of hydrogen-bond acceptors (Lipinski definition) is 1. The molecular formula is C10H16FN. The van der Waals surface area contributed by atoms with Crippen LogP contribution in [0.15, 0.2) is 28.7 Å². The fourth-order valence-corrected chi connectivity index (χ4v) is 0.868. The Morgan fingerprint density at radius 2 is 2.17 bits per heavy atom. The molecule has 0 N–H and O–H groups in total. The van der Waals surface area contributed by atoms with Crippen LogP contribution in [0.3, 0.4) is 0 Å². The minimum absolute atomic E-state index is 0.198. The van der Waals surface area contributed by atoms with Gasteiger partial charge in [0.25, 0.3) is 0 Å². The number of rotatable bonds is 1. The Bertz CT molecular complexity index is 202. The van der Waals surface area contributed by atoms with E-state index in [4.69, 9.17) is 0 Å². The van der Waals surface area contributed by atoms with Crippen molar-refractivity contribution < 1.29 is 4.39 Å². The topological polar surface area (TPSA) is 12.4 Å². The Morgan fingerprint density at radius 1 is 1.50 bits per heavy atom. The van der Waals surface area contributed by atoms with E-state index in [9.17, 15) is 4.39 Å². The third-order valence-electron chi connectivity index (χ3n) is 1.45. The summed E-state index contributed by atoms with van der Waals surface area (Å²) >= 11 is 0. The number of nitrogens with zero attached hydrogens (tertiary/aromatic N) is 1. The lowest BCUT2D eigenvalue weighted by molar-refractivity contribution is 0.640. The molecule has 1 heterocycles. The highest BCUT2D eigenvalue weighted by Gasteiger charge is 2.01. The highest BCUT2D eigenvalue weighted by atomic mass is 19.1. The first-order valence-corrected chi connectivity index (χ1v) is 4.41. The van der Waals surface area contributed by atoms with Crippen molar-refractivity contribution in [2.45, 2.75) is 33.6 Å². The molecule has 0 aromatic carbocycles. The second-order valence-electron chi connectivity index (χ2n) is 2.13. The van der Waals surface area contributed by atoms with Crippen molar-refractivity contribution in [1.29, 1.82) is 0 Å². The number of aliphatic imine (C=N–C) groups is 1. The van der Waals surface area contributed by atoms with E-state index in [-0.39, 0.29) is 5.83 Å². The molecule has 0 spiro atoms. The summed E-state index contributed by atoms with van der Waals surface area (Å²) in [6.45, 7) is 5.94. The van der Waals surface area contributed by atoms with Crippen molar-refractivity contribution in [1.82, 2.24) is 0 Å². The van der Waals surface area contributed by atoms with Crippen molar-refractivity contribution >= 4 is 6.21 Å². The van der Waals surface area contributed by atoms with Crippen LogP contribution in [0.2, 0.25) is 0 Å². The molecule has 1 aliphatic heterocycles. The molecule has 0 saturated heterocycles. The molecule has 0 amide bonds. The summed E-state index contributed by atoms with van der Waals surface area (Å²) in [7, 11) is 0. The molecule has 0 aromatic rings. The van der Waals surface area contributed by atoms with Gasteiger partial charge in [-0.3, -0.25) is 4.99 Å². The number of hydrogen-bond donors (Lipinski definition) is 0. The van der Waals surface area contributed by atoms with Gasteiger partial charge in [-0.15, -0.1) is 0 Å². The number of allylic oxidation sites excluding steroid dienone is 3. The van der Waals surface area contributed by atoms with Gasteiger partial charge in [0, 0.05) is 12.6 Å². The highest BCUT2D eigenvalue weighted by molar-refractivity contribution is 5.62. The van der Waals surface area contributed by atoms with Gasteiger partial charge in [0.15, 0.2) is 0 Å². The summed E-state index contributed by atoms with van der Waals surface area (Å²) in [5.74, 6) is -0.198. The summed E-state index contributed by atoms with van der Waals surface area (Å²) < 4.78 is 12.8. The van der Waals surface area contributed by atoms with E-state index in [1.165, 1.54) is 6.20 Å². The Balaban J connectivity index is 0.000000561. The van der Waals surface area contributed by atoms with Crippen LogP contribution in [-0.4, -0.2) is 6.21 Å². The first-order chi connectivity index (χ1) is 5.84. The van der Waals surface area contributed by atoms with Gasteiger partial charge in [-0.05, 0) is 12.0 Å². The van der Waals surface area contributed by atoms with E-state index in [1.54, 1.807) is 6.21 Å². The molecule has 1 nitrogen and oxygen atoms in total. The fourth-order valence-electron chi connectivity index (χ4n) is 0.868. The Morgan fingerprint density at radius 3 is 2.75 bits per heavy atom. The van der Waals surface area contributed by atoms with E-state index < -0.39 is 0 Å². The molecule has 0 fully saturated rings. The van der Waals surface area contributed by atoms with Crippen molar-refractivity contribution in [3.05, 3.63) is 23.7 Å². The van der Waals surface area contributed by atoms with Crippen LogP contribution < -0.4 is 0 Å². The molecule has 0 atom stereocenters. The molecular weight excluding hydrogens is 153 g/mol. The van der Waals surface area contributed by atoms with Crippen LogP contribution in [-0.2, 0) is 0 Å². The summed E-state index contributed by atoms with van der Waals surface area (Å²) in [6.07, 6.45) is 6.31. The summed E-state index contributed by atoms with van der Waals surface area (Å²) in [6, 6.07) is 0. The maximum Gasteiger partial charge on any atom is 0.144 e. The van der Waals surface area contributed by atoms with Gasteiger partial charge in [0.2, 0.25) is 0 Å². The van der Waals surface area contributed by atoms with Crippen LogP contribution in [0.25, 0.3) is 0 Å². The van der Waals surface area contributed by atoms with Gasteiger partial charge in [0.05, 0.1) is 6.20 Å². The van der Waals surface area contributed by atoms with Crippen LogP contribution in [0.4, 0.5) is 4.39 Å². The minimum atomic E-state index is -0.198. The van der Waals surface area contributed by atoms with E-state index >= 15 is 0 Å². The van der Waals surface area contributed by atoms with E-state index in [0.717, 1.165) is 18.4 Å². The van der Waals surface area contributed by atoms with Crippen molar-refractivity contribution in [2.75, 3.05) is 0 Å². The molecule has 0 radical (unpaired) electrons. The average Bonchev–Trinajstić information content (AvgIpc) is 2.33. The predicted molar refractivity (Wildman–Crippen MR) is 52.0 cm³/mol. The zero-order valence-electron chi connectivity index (χ0n) is 7.97. The lowest BCUT2D eigenvalue weighted by Crippen LogP contribution is -1.79. The van der Waals surface area contributed by atoms with E-state index in [2.05, 4.69) is 4.99 Å². The van der Waals surface area contributed by atoms with Crippen LogP contribution in [0.5, 0.6) is 0 Å². The van der Waals surface area contributed by atoms with Gasteiger partial charge in [-0.2, -0.15) is 0 Å². The molecule has 0 unspecified atom stereocenters. The van der Waals surface area contributed by atoms with Crippen molar-refractivity contribution in [3.8, 4) is 0 Å². The van der Waals surface area contributed by atoms with Crippen molar-refractivity contribution in [3.63, 3.8) is 0 Å². The summed E-state index contributed by atoms with van der Waals surface area (Å²) in [5.41, 5.74) is 0.762. The minimum Gasteiger partial charge on any atom is -0.266 e. The van der Waals surface area contributed by atoms with Gasteiger partial charge in [-0.25, -0.2) is 4.39 Å². The molecule has 1 aliphatic rings. The smallest absolute Gasteiger partial charge is 0.144 e. The standard InChI is InChI=1S/C8H10FN.C2H6/c1-2-7-4-3-5-10-6-8(7)9;1-2/h4-6H,2-3H2,1H3;1-2H3. The number of halogens is 1. The Kier molecular flexibility index (Phi) is 6.25. The lowest BCUT2D eigenvalue weighted by atomic mass is 10.1. The summed E-state index contributed by atoms with van der Waals surface area (Å²) in [4.78, 5) is 3.74. The Hall–Kier alpha value is -0.920. The predicted octanol–water partition coefficient (Wildman–Crippen LogP) is 3.63. The van der Waals surface area contributed by atoms with Crippen LogP contribution in [0.1, 0.15) is 33.6 Å². The van der Waals surface area contributed by atoms with Gasteiger partial charge < -0.3 is 0 Å². The zero-order chi connectivity index (χ0) is 9.40. The Labute approximate surface area is 73.7 Å². The third kappa shape index (κ3) is 3.46. The summed E-state index contributed by atoms with van der Waals surface area (Å²) in [5, 5.41) is 0. The SMILES string of the molecule is CC.CCC1=CCC=NC=C1F. The second-order valence-corrected chi connectivity index (χ2v) is 2.13. The monoisotopic (exact) mass is 169 g/mol. The van der Waals surface area contributed by atoms with Crippen LogP contribution in [0, 0.1) is 0 Å². The van der Waals surface area contributed by atoms with Crippen LogP contribution >= 0.6 is 0 Å². The molecule has 0 saturated carbocycles. The molecule has 68 valence electrons. The van der Waals surface area contributed by atoms with Gasteiger partial charge >= 0.3 is 0 Å². The normalized spacial score (nSPS) is 15.3.